The number of carbonyl (C=O) groups excluding carboxylic acids is 1. The number of nitrogens with one attached hydrogen (secondary N) is 1. The molecule has 0 aliphatic carbocycles. The van der Waals surface area contributed by atoms with Gasteiger partial charge in [0, 0.05) is 32.3 Å². The Morgan fingerprint density at radius 1 is 1.37 bits per heavy atom. The van der Waals surface area contributed by atoms with Gasteiger partial charge in [0.15, 0.2) is 0 Å². The third-order valence-electron chi connectivity index (χ3n) is 4.24. The van der Waals surface area contributed by atoms with Crippen LogP contribution in [0, 0.1) is 0 Å². The van der Waals surface area contributed by atoms with E-state index in [0.29, 0.717) is 0 Å². The normalized spacial score (nSPS) is 25.4. The molecule has 1 N–H and O–H groups in total. The maximum atomic E-state index is 12.5. The number of carbonyl (C=O) groups is 1. The number of likely N-dealkylation sites (N-methyl/N-ethyl adjacent to an activating group) is 1. The van der Waals surface area contributed by atoms with Gasteiger partial charge in [-0.2, -0.15) is 0 Å². The molecule has 2 aliphatic heterocycles. The lowest BCUT2D eigenvalue weighted by molar-refractivity contribution is 0.0574. The molecular formula is C15H20N2O2. The van der Waals surface area contributed by atoms with Crippen molar-refractivity contribution in [1.29, 1.82) is 0 Å². The summed E-state index contributed by atoms with van der Waals surface area (Å²) < 4.78 is 5.54. The van der Waals surface area contributed by atoms with E-state index in [1.165, 1.54) is 11.1 Å². The number of rotatable bonds is 2. The van der Waals surface area contributed by atoms with Crippen molar-refractivity contribution in [3.8, 4) is 0 Å². The van der Waals surface area contributed by atoms with E-state index in [0.717, 1.165) is 31.7 Å². The van der Waals surface area contributed by atoms with Crippen LogP contribution in [0.5, 0.6) is 0 Å². The summed E-state index contributed by atoms with van der Waals surface area (Å²) in [5, 5.41) is 3.30. The molecule has 2 atom stereocenters. The summed E-state index contributed by atoms with van der Waals surface area (Å²) in [6.45, 7) is 4.56. The first-order valence-corrected chi connectivity index (χ1v) is 6.88. The minimum Gasteiger partial charge on any atom is -0.376 e. The summed E-state index contributed by atoms with van der Waals surface area (Å²) in [7, 11) is 1.88. The fourth-order valence-corrected chi connectivity index (χ4v) is 3.01. The Bertz CT molecular complexity index is 501. The second kappa shape index (κ2) is 4.94. The van der Waals surface area contributed by atoms with Crippen LogP contribution in [-0.2, 0) is 17.8 Å². The molecule has 3 rings (SSSR count). The summed E-state index contributed by atoms with van der Waals surface area (Å²) in [5.41, 5.74) is 3.33. The lowest BCUT2D eigenvalue weighted by atomic mass is 10.0. The molecule has 2 unspecified atom stereocenters. The molecule has 1 aromatic rings. The number of benzene rings is 1. The Hall–Kier alpha value is -1.39. The standard InChI is InChI=1S/C15H20N2O2/c1-10-14(5-6-19-10)17(2)15(18)11-3-4-12-8-16-9-13(12)7-11/h3-4,7,10,14,16H,5-6,8-9H2,1-2H3. The lowest BCUT2D eigenvalue weighted by Gasteiger charge is -2.27. The van der Waals surface area contributed by atoms with Crippen LogP contribution in [0.4, 0.5) is 0 Å². The molecule has 1 amide bonds. The average Bonchev–Trinajstić information content (AvgIpc) is 3.04. The van der Waals surface area contributed by atoms with Crippen LogP contribution in [0.15, 0.2) is 18.2 Å². The molecule has 4 heteroatoms. The second-order valence-electron chi connectivity index (χ2n) is 5.44. The van der Waals surface area contributed by atoms with Crippen molar-refractivity contribution in [2.24, 2.45) is 0 Å². The van der Waals surface area contributed by atoms with Gasteiger partial charge in [-0.3, -0.25) is 4.79 Å². The van der Waals surface area contributed by atoms with Gasteiger partial charge in [-0.15, -0.1) is 0 Å². The number of hydrogen-bond acceptors (Lipinski definition) is 3. The molecular weight excluding hydrogens is 240 g/mol. The Morgan fingerprint density at radius 2 is 2.16 bits per heavy atom. The quantitative estimate of drug-likeness (QED) is 0.877. The number of ether oxygens (including phenoxy) is 1. The minimum absolute atomic E-state index is 0.0945. The molecule has 0 aromatic heterocycles. The highest BCUT2D eigenvalue weighted by atomic mass is 16.5. The van der Waals surface area contributed by atoms with Gasteiger partial charge >= 0.3 is 0 Å². The topological polar surface area (TPSA) is 41.6 Å². The van der Waals surface area contributed by atoms with Gasteiger partial charge in [0.25, 0.3) is 5.91 Å². The second-order valence-corrected chi connectivity index (χ2v) is 5.44. The number of amides is 1. The predicted octanol–water partition coefficient (Wildman–Crippen LogP) is 1.54. The molecule has 1 fully saturated rings. The van der Waals surface area contributed by atoms with Crippen LogP contribution in [0.3, 0.4) is 0 Å². The van der Waals surface area contributed by atoms with E-state index < -0.39 is 0 Å². The Labute approximate surface area is 113 Å². The molecule has 0 bridgehead atoms. The average molecular weight is 260 g/mol. The molecule has 0 radical (unpaired) electrons. The number of fused-ring (bicyclic) bond motifs is 1. The van der Waals surface area contributed by atoms with Gasteiger partial charge in [0.05, 0.1) is 12.1 Å². The third kappa shape index (κ3) is 2.26. The first kappa shape index (κ1) is 12.6. The maximum absolute atomic E-state index is 12.5. The summed E-state index contributed by atoms with van der Waals surface area (Å²) in [6, 6.07) is 6.21. The van der Waals surface area contributed by atoms with Crippen molar-refractivity contribution in [3.05, 3.63) is 34.9 Å². The number of nitrogens with zero attached hydrogens (tertiary/aromatic N) is 1. The van der Waals surface area contributed by atoms with Gasteiger partial charge in [0.2, 0.25) is 0 Å². The summed E-state index contributed by atoms with van der Waals surface area (Å²) in [4.78, 5) is 14.4. The molecule has 0 spiro atoms. The SMILES string of the molecule is CC1OCCC1N(C)C(=O)c1ccc2c(c1)CNC2. The van der Waals surface area contributed by atoms with Crippen LogP contribution in [-0.4, -0.2) is 36.6 Å². The smallest absolute Gasteiger partial charge is 0.253 e. The molecule has 1 aromatic carbocycles. The van der Waals surface area contributed by atoms with Crippen molar-refractivity contribution >= 4 is 5.91 Å². The van der Waals surface area contributed by atoms with E-state index in [-0.39, 0.29) is 18.1 Å². The summed E-state index contributed by atoms with van der Waals surface area (Å²) in [6.07, 6.45) is 1.06. The molecule has 1 saturated heterocycles. The van der Waals surface area contributed by atoms with E-state index in [2.05, 4.69) is 11.4 Å². The minimum atomic E-state index is 0.0945. The van der Waals surface area contributed by atoms with E-state index in [9.17, 15) is 4.79 Å². The highest BCUT2D eigenvalue weighted by Crippen LogP contribution is 2.22. The molecule has 2 heterocycles. The van der Waals surface area contributed by atoms with E-state index in [4.69, 9.17) is 4.74 Å². The van der Waals surface area contributed by atoms with E-state index in [1.807, 2.05) is 31.0 Å². The van der Waals surface area contributed by atoms with Crippen LogP contribution in [0.2, 0.25) is 0 Å². The van der Waals surface area contributed by atoms with Crippen molar-refractivity contribution < 1.29 is 9.53 Å². The van der Waals surface area contributed by atoms with E-state index >= 15 is 0 Å². The molecule has 102 valence electrons. The monoisotopic (exact) mass is 260 g/mol. The summed E-state index contributed by atoms with van der Waals surface area (Å²) in [5.74, 6) is 0.0945. The zero-order chi connectivity index (χ0) is 13.4. The van der Waals surface area contributed by atoms with Crippen LogP contribution < -0.4 is 5.32 Å². The first-order valence-electron chi connectivity index (χ1n) is 6.88. The van der Waals surface area contributed by atoms with Crippen molar-refractivity contribution in [3.63, 3.8) is 0 Å². The lowest BCUT2D eigenvalue weighted by Crippen LogP contribution is -2.41. The molecule has 2 aliphatic rings. The van der Waals surface area contributed by atoms with Gasteiger partial charge in [-0.1, -0.05) is 6.07 Å². The van der Waals surface area contributed by atoms with E-state index in [1.54, 1.807) is 0 Å². The largest absolute Gasteiger partial charge is 0.376 e. The highest BCUT2D eigenvalue weighted by Gasteiger charge is 2.31. The van der Waals surface area contributed by atoms with Gasteiger partial charge in [0.1, 0.15) is 0 Å². The Morgan fingerprint density at radius 3 is 2.89 bits per heavy atom. The fourth-order valence-electron chi connectivity index (χ4n) is 3.01. The zero-order valence-electron chi connectivity index (χ0n) is 11.5. The van der Waals surface area contributed by atoms with Crippen LogP contribution in [0.25, 0.3) is 0 Å². The van der Waals surface area contributed by atoms with Crippen molar-refractivity contribution in [2.75, 3.05) is 13.7 Å². The fraction of sp³-hybridized carbons (Fsp3) is 0.533. The maximum Gasteiger partial charge on any atom is 0.253 e. The van der Waals surface area contributed by atoms with Crippen molar-refractivity contribution in [2.45, 2.75) is 38.6 Å². The predicted molar refractivity (Wildman–Crippen MR) is 72.9 cm³/mol. The first-order chi connectivity index (χ1) is 9.16. The summed E-state index contributed by atoms with van der Waals surface area (Å²) >= 11 is 0. The molecule has 4 nitrogen and oxygen atoms in total. The number of hydrogen-bond donors (Lipinski definition) is 1. The molecule has 0 saturated carbocycles. The van der Waals surface area contributed by atoms with Gasteiger partial charge in [-0.05, 0) is 36.6 Å². The van der Waals surface area contributed by atoms with Gasteiger partial charge < -0.3 is 15.0 Å². The Kier molecular flexibility index (Phi) is 3.29. The highest BCUT2D eigenvalue weighted by molar-refractivity contribution is 5.94. The van der Waals surface area contributed by atoms with Crippen LogP contribution in [0.1, 0.15) is 34.8 Å². The Balaban J connectivity index is 1.79. The third-order valence-corrected chi connectivity index (χ3v) is 4.24. The molecule has 19 heavy (non-hydrogen) atoms. The van der Waals surface area contributed by atoms with Crippen LogP contribution >= 0.6 is 0 Å². The zero-order valence-corrected chi connectivity index (χ0v) is 11.5. The van der Waals surface area contributed by atoms with Crippen molar-refractivity contribution in [1.82, 2.24) is 10.2 Å². The van der Waals surface area contributed by atoms with Gasteiger partial charge in [-0.25, -0.2) is 0 Å².